The van der Waals surface area contributed by atoms with E-state index in [1.165, 1.54) is 7.11 Å². The molecule has 1 fully saturated rings. The molecule has 6 heteroatoms. The molecule has 0 spiro atoms. The fourth-order valence-corrected chi connectivity index (χ4v) is 3.89. The van der Waals surface area contributed by atoms with Gasteiger partial charge in [-0.2, -0.15) is 0 Å². The van der Waals surface area contributed by atoms with Crippen molar-refractivity contribution in [1.82, 2.24) is 14.5 Å². The fraction of sp³-hybridized carbons (Fsp3) is 0.579. The lowest BCUT2D eigenvalue weighted by molar-refractivity contribution is 0.0601. The van der Waals surface area contributed by atoms with Gasteiger partial charge in [-0.1, -0.05) is 13.8 Å². The van der Waals surface area contributed by atoms with Gasteiger partial charge in [-0.15, -0.1) is 0 Å². The van der Waals surface area contributed by atoms with E-state index in [9.17, 15) is 4.79 Å². The Morgan fingerprint density at radius 3 is 2.60 bits per heavy atom. The highest BCUT2D eigenvalue weighted by molar-refractivity contribution is 5.94. The average Bonchev–Trinajstić information content (AvgIpc) is 3.16. The zero-order valence-corrected chi connectivity index (χ0v) is 16.0. The zero-order chi connectivity index (χ0) is 18.3. The van der Waals surface area contributed by atoms with Crippen LogP contribution >= 0.6 is 0 Å². The van der Waals surface area contributed by atoms with Crippen molar-refractivity contribution in [2.75, 3.05) is 39.2 Å². The number of fused-ring (bicyclic) bond motifs is 1. The molecule has 0 saturated carbocycles. The lowest BCUT2D eigenvalue weighted by Crippen LogP contribution is -2.37. The number of esters is 1. The summed E-state index contributed by atoms with van der Waals surface area (Å²) in [5.41, 5.74) is 2.39. The lowest BCUT2D eigenvalue weighted by Gasteiger charge is -2.27. The van der Waals surface area contributed by atoms with Crippen LogP contribution in [-0.2, 0) is 11.8 Å². The summed E-state index contributed by atoms with van der Waals surface area (Å²) in [6.45, 7) is 6.56. The topological polar surface area (TPSA) is 50.6 Å². The molecular formula is C19H28N4O2. The van der Waals surface area contributed by atoms with Crippen LogP contribution in [0.5, 0.6) is 0 Å². The quantitative estimate of drug-likeness (QED) is 0.797. The number of ether oxygens (including phenoxy) is 1. The van der Waals surface area contributed by atoms with Crippen molar-refractivity contribution in [2.24, 2.45) is 18.9 Å². The summed E-state index contributed by atoms with van der Waals surface area (Å²) in [5, 5.41) is 0. The maximum absolute atomic E-state index is 11.8. The van der Waals surface area contributed by atoms with Gasteiger partial charge >= 0.3 is 5.97 Å². The molecule has 2 heterocycles. The van der Waals surface area contributed by atoms with Gasteiger partial charge in [0.2, 0.25) is 5.95 Å². The minimum absolute atomic E-state index is 0.331. The summed E-state index contributed by atoms with van der Waals surface area (Å²) in [7, 11) is 7.74. The molecule has 136 valence electrons. The van der Waals surface area contributed by atoms with Gasteiger partial charge < -0.3 is 19.1 Å². The first-order valence-corrected chi connectivity index (χ1v) is 8.79. The van der Waals surface area contributed by atoms with Crippen molar-refractivity contribution >= 4 is 23.0 Å². The Labute approximate surface area is 149 Å². The van der Waals surface area contributed by atoms with Crippen LogP contribution in [0.2, 0.25) is 0 Å². The van der Waals surface area contributed by atoms with Gasteiger partial charge in [-0.05, 0) is 44.1 Å². The van der Waals surface area contributed by atoms with Crippen molar-refractivity contribution in [3.05, 3.63) is 23.8 Å². The number of hydrogen-bond acceptors (Lipinski definition) is 5. The van der Waals surface area contributed by atoms with Crippen LogP contribution in [0.1, 0.15) is 24.2 Å². The Kier molecular flexibility index (Phi) is 4.73. The molecule has 1 aliphatic heterocycles. The highest BCUT2D eigenvalue weighted by Gasteiger charge is 2.37. The molecule has 0 bridgehead atoms. The molecule has 0 N–H and O–H groups in total. The first-order valence-electron chi connectivity index (χ1n) is 8.79. The molecule has 1 saturated heterocycles. The summed E-state index contributed by atoms with van der Waals surface area (Å²) in [4.78, 5) is 21.3. The number of carbonyl (C=O) groups excluding carboxylic acids is 1. The molecule has 0 unspecified atom stereocenters. The predicted octanol–water partition coefficient (Wildman–Crippen LogP) is 2.38. The second-order valence-corrected chi connectivity index (χ2v) is 7.51. The molecule has 25 heavy (non-hydrogen) atoms. The molecule has 2 aromatic rings. The van der Waals surface area contributed by atoms with E-state index in [1.807, 2.05) is 19.2 Å². The van der Waals surface area contributed by atoms with Crippen LogP contribution in [-0.4, -0.2) is 60.8 Å². The number of nitrogens with zero attached hydrogens (tertiary/aromatic N) is 4. The minimum atomic E-state index is -0.331. The van der Waals surface area contributed by atoms with Crippen molar-refractivity contribution in [3.8, 4) is 0 Å². The number of anilines is 1. The van der Waals surface area contributed by atoms with Crippen LogP contribution in [0, 0.1) is 11.8 Å². The number of likely N-dealkylation sites (N-methyl/N-ethyl adjacent to an activating group) is 1. The molecule has 2 atom stereocenters. The van der Waals surface area contributed by atoms with Gasteiger partial charge in [0.25, 0.3) is 0 Å². The van der Waals surface area contributed by atoms with E-state index in [0.717, 1.165) is 30.1 Å². The van der Waals surface area contributed by atoms with E-state index in [1.54, 1.807) is 6.07 Å². The highest BCUT2D eigenvalue weighted by atomic mass is 16.5. The number of imidazole rings is 1. The number of benzene rings is 1. The van der Waals surface area contributed by atoms with Crippen molar-refractivity contribution < 1.29 is 9.53 Å². The molecule has 6 nitrogen and oxygen atoms in total. The van der Waals surface area contributed by atoms with Crippen LogP contribution in [0.4, 0.5) is 5.95 Å². The van der Waals surface area contributed by atoms with Gasteiger partial charge in [-0.3, -0.25) is 0 Å². The molecule has 1 aromatic carbocycles. The Bertz CT molecular complexity index is 765. The SMILES string of the molecule is COC(=O)c1ccc2c(c1)nc(N1C[C@@H](N(C)C)[C@H](C(C)C)C1)n2C. The summed E-state index contributed by atoms with van der Waals surface area (Å²) in [6, 6.07) is 6.07. The van der Waals surface area contributed by atoms with E-state index >= 15 is 0 Å². The average molecular weight is 344 g/mol. The third-order valence-corrected chi connectivity index (χ3v) is 5.41. The van der Waals surface area contributed by atoms with Crippen molar-refractivity contribution in [1.29, 1.82) is 0 Å². The third kappa shape index (κ3) is 3.11. The number of methoxy groups -OCH3 is 1. The first kappa shape index (κ1) is 17.7. The Morgan fingerprint density at radius 2 is 2.04 bits per heavy atom. The smallest absolute Gasteiger partial charge is 0.337 e. The van der Waals surface area contributed by atoms with E-state index in [4.69, 9.17) is 9.72 Å². The number of aryl methyl sites for hydroxylation is 1. The fourth-order valence-electron chi connectivity index (χ4n) is 3.89. The maximum Gasteiger partial charge on any atom is 0.337 e. The largest absolute Gasteiger partial charge is 0.465 e. The second kappa shape index (κ2) is 6.67. The standard InChI is InChI=1S/C19H28N4O2/c1-12(2)14-10-23(11-17(14)21(3)4)19-20-15-9-13(18(24)25-6)7-8-16(15)22(19)5/h7-9,12,14,17H,10-11H2,1-6H3/t14-,17+/m0/s1. The summed E-state index contributed by atoms with van der Waals surface area (Å²) in [5.74, 6) is 1.87. The monoisotopic (exact) mass is 344 g/mol. The molecule has 1 aliphatic rings. The first-order chi connectivity index (χ1) is 11.8. The summed E-state index contributed by atoms with van der Waals surface area (Å²) in [6.07, 6.45) is 0. The summed E-state index contributed by atoms with van der Waals surface area (Å²) >= 11 is 0. The van der Waals surface area contributed by atoms with Gasteiger partial charge in [-0.25, -0.2) is 9.78 Å². The molecule has 3 rings (SSSR count). The molecular weight excluding hydrogens is 316 g/mol. The van der Waals surface area contributed by atoms with Crippen molar-refractivity contribution in [3.63, 3.8) is 0 Å². The molecule has 0 aliphatic carbocycles. The second-order valence-electron chi connectivity index (χ2n) is 7.51. The third-order valence-electron chi connectivity index (χ3n) is 5.41. The van der Waals surface area contributed by atoms with Crippen LogP contribution in [0.25, 0.3) is 11.0 Å². The highest BCUT2D eigenvalue weighted by Crippen LogP contribution is 2.32. The lowest BCUT2D eigenvalue weighted by atomic mass is 9.91. The number of carbonyl (C=O) groups is 1. The van der Waals surface area contributed by atoms with Gasteiger partial charge in [0.05, 0.1) is 23.7 Å². The number of aromatic nitrogens is 2. The van der Waals surface area contributed by atoms with E-state index in [2.05, 4.69) is 42.3 Å². The van der Waals surface area contributed by atoms with Crippen molar-refractivity contribution in [2.45, 2.75) is 19.9 Å². The van der Waals surface area contributed by atoms with Crippen LogP contribution in [0.3, 0.4) is 0 Å². The Hall–Kier alpha value is -2.08. The van der Waals surface area contributed by atoms with E-state index in [0.29, 0.717) is 23.4 Å². The number of rotatable bonds is 4. The predicted molar refractivity (Wildman–Crippen MR) is 100 cm³/mol. The van der Waals surface area contributed by atoms with E-state index in [-0.39, 0.29) is 5.97 Å². The molecule has 0 amide bonds. The van der Waals surface area contributed by atoms with Gasteiger partial charge in [0, 0.05) is 26.2 Å². The van der Waals surface area contributed by atoms with Gasteiger partial charge in [0.1, 0.15) is 0 Å². The van der Waals surface area contributed by atoms with Crippen LogP contribution in [0.15, 0.2) is 18.2 Å². The van der Waals surface area contributed by atoms with E-state index < -0.39 is 0 Å². The van der Waals surface area contributed by atoms with Gasteiger partial charge in [0.15, 0.2) is 0 Å². The number of hydrogen-bond donors (Lipinski definition) is 0. The summed E-state index contributed by atoms with van der Waals surface area (Å²) < 4.78 is 6.93. The van der Waals surface area contributed by atoms with Crippen LogP contribution < -0.4 is 4.90 Å². The minimum Gasteiger partial charge on any atom is -0.465 e. The molecule has 1 aromatic heterocycles. The Balaban J connectivity index is 1.96. The molecule has 0 radical (unpaired) electrons. The maximum atomic E-state index is 11.8. The zero-order valence-electron chi connectivity index (χ0n) is 16.0. The normalized spacial score (nSPS) is 20.9. The Morgan fingerprint density at radius 1 is 1.32 bits per heavy atom.